The molecule has 0 saturated carbocycles. The summed E-state index contributed by atoms with van der Waals surface area (Å²) in [5, 5.41) is 12.4. The predicted molar refractivity (Wildman–Crippen MR) is 81.6 cm³/mol. The van der Waals surface area contributed by atoms with Crippen molar-refractivity contribution in [1.82, 2.24) is 14.7 Å². The zero-order valence-corrected chi connectivity index (χ0v) is 13.5. The highest BCUT2D eigenvalue weighted by Gasteiger charge is 2.21. The number of nitrogens with zero attached hydrogens (tertiary/aromatic N) is 3. The summed E-state index contributed by atoms with van der Waals surface area (Å²) < 4.78 is 5.33. The molecule has 4 nitrogen and oxygen atoms in total. The number of aryl methyl sites for hydroxylation is 1. The molecule has 19 heavy (non-hydrogen) atoms. The molecule has 0 aliphatic rings. The normalized spacial score (nSPS) is 14.0. The van der Waals surface area contributed by atoms with E-state index in [1.807, 2.05) is 13.8 Å². The number of hydrogen-bond donors (Lipinski definition) is 1. The Kier molecular flexibility index (Phi) is 7.36. The van der Waals surface area contributed by atoms with Crippen molar-refractivity contribution in [3.63, 3.8) is 0 Å². The van der Waals surface area contributed by atoms with Gasteiger partial charge in [0.15, 0.2) is 4.34 Å². The lowest BCUT2D eigenvalue weighted by Crippen LogP contribution is -2.40. The molecule has 6 heteroatoms. The van der Waals surface area contributed by atoms with E-state index in [0.717, 1.165) is 48.1 Å². The van der Waals surface area contributed by atoms with Gasteiger partial charge in [-0.05, 0) is 44.3 Å². The molecule has 0 amide bonds. The summed E-state index contributed by atoms with van der Waals surface area (Å²) in [6, 6.07) is 2.36. The van der Waals surface area contributed by atoms with Crippen LogP contribution in [0.4, 0.5) is 0 Å². The van der Waals surface area contributed by atoms with Crippen molar-refractivity contribution in [2.75, 3.05) is 12.3 Å². The second-order valence-corrected chi connectivity index (χ2v) is 6.70. The van der Waals surface area contributed by atoms with E-state index in [-0.39, 0.29) is 5.54 Å². The van der Waals surface area contributed by atoms with Gasteiger partial charge in [0, 0.05) is 12.2 Å². The Hall–Kier alpha value is -0.640. The molecule has 1 heterocycles. The fourth-order valence-electron chi connectivity index (χ4n) is 1.75. The molecule has 1 N–H and O–H groups in total. The van der Waals surface area contributed by atoms with E-state index in [1.54, 1.807) is 11.8 Å². The first-order valence-electron chi connectivity index (χ1n) is 6.75. The van der Waals surface area contributed by atoms with E-state index in [1.165, 1.54) is 11.5 Å². The lowest BCUT2D eigenvalue weighted by Gasteiger charge is -2.22. The molecule has 0 aromatic carbocycles. The Bertz CT molecular complexity index is 413. The van der Waals surface area contributed by atoms with Crippen LogP contribution in [0.2, 0.25) is 0 Å². The molecule has 1 atom stereocenters. The fraction of sp³-hybridized carbons (Fsp3) is 0.769. The Morgan fingerprint density at radius 2 is 2.21 bits per heavy atom. The van der Waals surface area contributed by atoms with E-state index in [2.05, 4.69) is 27.7 Å². The SMILES string of the molecule is CCNC(C)(C#N)CCCCSc1nc(CC)ns1. The minimum atomic E-state index is -0.377. The van der Waals surface area contributed by atoms with E-state index in [4.69, 9.17) is 5.26 Å². The van der Waals surface area contributed by atoms with Gasteiger partial charge in [-0.3, -0.25) is 5.32 Å². The largest absolute Gasteiger partial charge is 0.300 e. The highest BCUT2D eigenvalue weighted by Crippen LogP contribution is 2.22. The third-order valence-corrected chi connectivity index (χ3v) is 4.83. The van der Waals surface area contributed by atoms with Gasteiger partial charge in [-0.2, -0.15) is 9.64 Å². The maximum absolute atomic E-state index is 9.15. The summed E-state index contributed by atoms with van der Waals surface area (Å²) in [6.07, 6.45) is 3.96. The highest BCUT2D eigenvalue weighted by molar-refractivity contribution is 8.00. The molecule has 1 unspecified atom stereocenters. The van der Waals surface area contributed by atoms with Gasteiger partial charge in [-0.15, -0.1) is 0 Å². The molecular weight excluding hydrogens is 276 g/mol. The third-order valence-electron chi connectivity index (χ3n) is 2.88. The van der Waals surface area contributed by atoms with Crippen molar-refractivity contribution < 1.29 is 0 Å². The quantitative estimate of drug-likeness (QED) is 0.560. The molecule has 0 spiro atoms. The van der Waals surface area contributed by atoms with Gasteiger partial charge < -0.3 is 0 Å². The molecule has 1 rings (SSSR count). The van der Waals surface area contributed by atoms with Gasteiger partial charge in [0.25, 0.3) is 0 Å². The summed E-state index contributed by atoms with van der Waals surface area (Å²) in [6.45, 7) is 6.91. The van der Waals surface area contributed by atoms with E-state index in [9.17, 15) is 0 Å². The fourth-order valence-corrected chi connectivity index (χ4v) is 3.52. The molecule has 0 aliphatic carbocycles. The van der Waals surface area contributed by atoms with Crippen molar-refractivity contribution in [3.8, 4) is 6.07 Å². The van der Waals surface area contributed by atoms with E-state index in [0.29, 0.717) is 0 Å². The van der Waals surface area contributed by atoms with Crippen LogP contribution >= 0.6 is 23.3 Å². The van der Waals surface area contributed by atoms with Gasteiger partial charge in [0.1, 0.15) is 11.4 Å². The number of nitriles is 1. The van der Waals surface area contributed by atoms with Crippen molar-refractivity contribution >= 4 is 23.3 Å². The van der Waals surface area contributed by atoms with Gasteiger partial charge in [-0.25, -0.2) is 4.98 Å². The zero-order chi connectivity index (χ0) is 14.1. The van der Waals surface area contributed by atoms with Crippen LogP contribution in [-0.4, -0.2) is 27.2 Å². The second-order valence-electron chi connectivity index (χ2n) is 4.61. The number of thioether (sulfide) groups is 1. The smallest absolute Gasteiger partial charge is 0.170 e. The summed E-state index contributed by atoms with van der Waals surface area (Å²) in [5.74, 6) is 1.99. The third kappa shape index (κ3) is 5.89. The Morgan fingerprint density at radius 1 is 1.42 bits per heavy atom. The zero-order valence-electron chi connectivity index (χ0n) is 11.9. The maximum atomic E-state index is 9.15. The van der Waals surface area contributed by atoms with Crippen LogP contribution in [0.25, 0.3) is 0 Å². The second kappa shape index (κ2) is 8.51. The molecule has 1 aromatic heterocycles. The monoisotopic (exact) mass is 298 g/mol. The van der Waals surface area contributed by atoms with Gasteiger partial charge in [0.2, 0.25) is 0 Å². The standard InChI is InChI=1S/C13H22N4S2/c1-4-11-16-12(19-17-11)18-9-7-6-8-13(3,10-14)15-5-2/h15H,4-9H2,1-3H3. The molecule has 0 bridgehead atoms. The topological polar surface area (TPSA) is 61.6 Å². The average molecular weight is 298 g/mol. The molecular formula is C13H22N4S2. The lowest BCUT2D eigenvalue weighted by atomic mass is 9.97. The molecule has 0 aliphatic heterocycles. The van der Waals surface area contributed by atoms with Gasteiger partial charge >= 0.3 is 0 Å². The van der Waals surface area contributed by atoms with Crippen LogP contribution < -0.4 is 5.32 Å². The first-order chi connectivity index (χ1) is 9.13. The number of unbranched alkanes of at least 4 members (excludes halogenated alkanes) is 1. The van der Waals surface area contributed by atoms with Crippen molar-refractivity contribution in [3.05, 3.63) is 5.82 Å². The maximum Gasteiger partial charge on any atom is 0.170 e. The molecule has 1 aromatic rings. The van der Waals surface area contributed by atoms with Crippen LogP contribution in [-0.2, 0) is 6.42 Å². The van der Waals surface area contributed by atoms with Crippen molar-refractivity contribution in [1.29, 1.82) is 5.26 Å². The van der Waals surface area contributed by atoms with Crippen LogP contribution in [0, 0.1) is 11.3 Å². The summed E-state index contributed by atoms with van der Waals surface area (Å²) in [4.78, 5) is 4.43. The minimum Gasteiger partial charge on any atom is -0.300 e. The summed E-state index contributed by atoms with van der Waals surface area (Å²) in [7, 11) is 0. The summed E-state index contributed by atoms with van der Waals surface area (Å²) >= 11 is 3.26. The van der Waals surface area contributed by atoms with Crippen LogP contribution in [0.15, 0.2) is 4.34 Å². The minimum absolute atomic E-state index is 0.377. The first-order valence-corrected chi connectivity index (χ1v) is 8.51. The first kappa shape index (κ1) is 16.4. The Labute approximate surface area is 124 Å². The predicted octanol–water partition coefficient (Wildman–Crippen LogP) is 3.25. The molecule has 106 valence electrons. The van der Waals surface area contributed by atoms with Gasteiger partial charge in [-0.1, -0.05) is 25.6 Å². The van der Waals surface area contributed by atoms with E-state index < -0.39 is 0 Å². The average Bonchev–Trinajstić information content (AvgIpc) is 2.86. The number of nitrogens with one attached hydrogen (secondary N) is 1. The number of aromatic nitrogens is 2. The lowest BCUT2D eigenvalue weighted by molar-refractivity contribution is 0.415. The van der Waals surface area contributed by atoms with Crippen LogP contribution in [0.1, 0.15) is 45.9 Å². The van der Waals surface area contributed by atoms with Gasteiger partial charge in [0.05, 0.1) is 6.07 Å². The number of rotatable bonds is 9. The molecule has 0 radical (unpaired) electrons. The summed E-state index contributed by atoms with van der Waals surface area (Å²) in [5.41, 5.74) is -0.377. The molecule has 0 fully saturated rings. The Morgan fingerprint density at radius 3 is 2.79 bits per heavy atom. The van der Waals surface area contributed by atoms with Crippen LogP contribution in [0.5, 0.6) is 0 Å². The van der Waals surface area contributed by atoms with Crippen LogP contribution in [0.3, 0.4) is 0 Å². The Balaban J connectivity index is 2.19. The van der Waals surface area contributed by atoms with Crippen molar-refractivity contribution in [2.45, 2.75) is 56.3 Å². The number of hydrogen-bond acceptors (Lipinski definition) is 6. The highest BCUT2D eigenvalue weighted by atomic mass is 32.2. The molecule has 0 saturated heterocycles. The van der Waals surface area contributed by atoms with Crippen molar-refractivity contribution in [2.24, 2.45) is 0 Å². The van der Waals surface area contributed by atoms with E-state index >= 15 is 0 Å².